The van der Waals surface area contributed by atoms with Crippen molar-refractivity contribution in [2.45, 2.75) is 20.8 Å². The molecule has 1 aromatic heterocycles. The van der Waals surface area contributed by atoms with Crippen LogP contribution in [0.15, 0.2) is 30.5 Å². The summed E-state index contributed by atoms with van der Waals surface area (Å²) in [5.41, 5.74) is 5.80. The van der Waals surface area contributed by atoms with E-state index in [0.29, 0.717) is 5.56 Å². The van der Waals surface area contributed by atoms with Gasteiger partial charge in [-0.15, -0.1) is 0 Å². The first-order valence-electron chi connectivity index (χ1n) is 5.61. The van der Waals surface area contributed by atoms with Gasteiger partial charge in [-0.3, -0.25) is 9.78 Å². The van der Waals surface area contributed by atoms with Crippen LogP contribution in [0.3, 0.4) is 0 Å². The number of carbonyl (C=O) groups excluding carboxylic acids is 1. The predicted molar refractivity (Wildman–Crippen MR) is 69.3 cm³/mol. The van der Waals surface area contributed by atoms with E-state index in [4.69, 9.17) is 0 Å². The van der Waals surface area contributed by atoms with Gasteiger partial charge in [0.2, 0.25) is 0 Å². The molecule has 1 heterocycles. The van der Waals surface area contributed by atoms with Crippen molar-refractivity contribution < 1.29 is 4.79 Å². The van der Waals surface area contributed by atoms with Crippen LogP contribution in [0, 0.1) is 20.8 Å². The molecule has 0 N–H and O–H groups in total. The molecule has 0 aliphatic heterocycles. The summed E-state index contributed by atoms with van der Waals surface area (Å²) in [5.74, 6) is 0. The monoisotopic (exact) mass is 225 g/mol. The lowest BCUT2D eigenvalue weighted by Gasteiger charge is -2.09. The summed E-state index contributed by atoms with van der Waals surface area (Å²) >= 11 is 0. The summed E-state index contributed by atoms with van der Waals surface area (Å²) in [4.78, 5) is 15.5. The van der Waals surface area contributed by atoms with Crippen LogP contribution in [0.1, 0.15) is 27.0 Å². The van der Waals surface area contributed by atoms with Gasteiger partial charge in [-0.2, -0.15) is 0 Å². The lowest BCUT2D eigenvalue weighted by molar-refractivity contribution is 0.112. The second-order valence-electron chi connectivity index (χ2n) is 4.39. The fourth-order valence-corrected chi connectivity index (χ4v) is 1.99. The van der Waals surface area contributed by atoms with Crippen molar-refractivity contribution in [3.05, 3.63) is 52.7 Å². The normalized spacial score (nSPS) is 10.3. The van der Waals surface area contributed by atoms with Crippen LogP contribution >= 0.6 is 0 Å². The Labute approximate surface area is 101 Å². The standard InChI is InChI=1S/C15H15NO/c1-10-4-5-14(12(3)6-10)15-13(9-17)7-11(2)8-16-15/h4-9H,1-3H3. The fraction of sp³-hybridized carbons (Fsp3) is 0.200. The number of hydrogen-bond acceptors (Lipinski definition) is 2. The van der Waals surface area contributed by atoms with Gasteiger partial charge in [0.1, 0.15) is 0 Å². The van der Waals surface area contributed by atoms with Crippen LogP contribution in [0.5, 0.6) is 0 Å². The van der Waals surface area contributed by atoms with Gasteiger partial charge in [-0.1, -0.05) is 23.8 Å². The topological polar surface area (TPSA) is 30.0 Å². The zero-order valence-corrected chi connectivity index (χ0v) is 10.3. The van der Waals surface area contributed by atoms with E-state index in [1.54, 1.807) is 6.20 Å². The summed E-state index contributed by atoms with van der Waals surface area (Å²) < 4.78 is 0. The molecule has 0 unspecified atom stereocenters. The highest BCUT2D eigenvalue weighted by Gasteiger charge is 2.09. The highest BCUT2D eigenvalue weighted by molar-refractivity contribution is 5.86. The first-order valence-corrected chi connectivity index (χ1v) is 5.61. The maximum absolute atomic E-state index is 11.1. The van der Waals surface area contributed by atoms with Crippen LogP contribution in [-0.4, -0.2) is 11.3 Å². The Morgan fingerprint density at radius 3 is 2.47 bits per heavy atom. The van der Waals surface area contributed by atoms with Crippen LogP contribution in [0.4, 0.5) is 0 Å². The zero-order chi connectivity index (χ0) is 12.4. The Kier molecular flexibility index (Phi) is 3.05. The molecule has 1 aromatic carbocycles. The molecule has 17 heavy (non-hydrogen) atoms. The highest BCUT2D eigenvalue weighted by atomic mass is 16.1. The van der Waals surface area contributed by atoms with Gasteiger partial charge in [0.25, 0.3) is 0 Å². The maximum atomic E-state index is 11.1. The van der Waals surface area contributed by atoms with Crippen LogP contribution in [0.2, 0.25) is 0 Å². The van der Waals surface area contributed by atoms with E-state index in [1.165, 1.54) is 5.56 Å². The molecule has 0 aliphatic rings. The largest absolute Gasteiger partial charge is 0.298 e. The smallest absolute Gasteiger partial charge is 0.152 e. The lowest BCUT2D eigenvalue weighted by atomic mass is 9.99. The molecular formula is C15H15NO. The third kappa shape index (κ3) is 2.26. The second-order valence-corrected chi connectivity index (χ2v) is 4.39. The Morgan fingerprint density at radius 2 is 1.82 bits per heavy atom. The number of aldehydes is 1. The van der Waals surface area contributed by atoms with Crippen molar-refractivity contribution >= 4 is 6.29 Å². The van der Waals surface area contributed by atoms with Gasteiger partial charge in [0, 0.05) is 17.3 Å². The number of pyridine rings is 1. The number of benzene rings is 1. The number of aromatic nitrogens is 1. The number of hydrogen-bond donors (Lipinski definition) is 0. The summed E-state index contributed by atoms with van der Waals surface area (Å²) in [6.45, 7) is 6.03. The van der Waals surface area contributed by atoms with Gasteiger partial charge >= 0.3 is 0 Å². The molecule has 0 bridgehead atoms. The van der Waals surface area contributed by atoms with Crippen LogP contribution in [0.25, 0.3) is 11.3 Å². The maximum Gasteiger partial charge on any atom is 0.152 e. The van der Waals surface area contributed by atoms with Gasteiger partial charge in [0.05, 0.1) is 5.69 Å². The minimum Gasteiger partial charge on any atom is -0.298 e. The Bertz CT molecular complexity index is 573. The Morgan fingerprint density at radius 1 is 1.06 bits per heavy atom. The predicted octanol–water partition coefficient (Wildman–Crippen LogP) is 3.49. The summed E-state index contributed by atoms with van der Waals surface area (Å²) in [5, 5.41) is 0. The van der Waals surface area contributed by atoms with Gasteiger partial charge < -0.3 is 0 Å². The second kappa shape index (κ2) is 4.50. The first kappa shape index (κ1) is 11.5. The Balaban J connectivity index is 2.63. The summed E-state index contributed by atoms with van der Waals surface area (Å²) in [7, 11) is 0. The van der Waals surface area contributed by atoms with Gasteiger partial charge in [0.15, 0.2) is 6.29 Å². The van der Waals surface area contributed by atoms with Crippen molar-refractivity contribution in [2.24, 2.45) is 0 Å². The number of rotatable bonds is 2. The average molecular weight is 225 g/mol. The highest BCUT2D eigenvalue weighted by Crippen LogP contribution is 2.25. The SMILES string of the molecule is Cc1ccc(-c2ncc(C)cc2C=O)c(C)c1. The van der Waals surface area contributed by atoms with Crippen LogP contribution < -0.4 is 0 Å². The molecule has 2 aromatic rings. The quantitative estimate of drug-likeness (QED) is 0.732. The van der Waals surface area contributed by atoms with Crippen molar-refractivity contribution in [3.8, 4) is 11.3 Å². The van der Waals surface area contributed by atoms with E-state index >= 15 is 0 Å². The van der Waals surface area contributed by atoms with Crippen molar-refractivity contribution in [3.63, 3.8) is 0 Å². The molecule has 2 nitrogen and oxygen atoms in total. The number of aryl methyl sites for hydroxylation is 3. The van der Waals surface area contributed by atoms with E-state index in [9.17, 15) is 4.79 Å². The molecule has 86 valence electrons. The average Bonchev–Trinajstić information content (AvgIpc) is 2.30. The molecule has 0 amide bonds. The molecule has 0 saturated carbocycles. The van der Waals surface area contributed by atoms with E-state index in [0.717, 1.165) is 28.7 Å². The zero-order valence-electron chi connectivity index (χ0n) is 10.3. The molecular weight excluding hydrogens is 210 g/mol. The molecule has 2 heteroatoms. The molecule has 0 saturated heterocycles. The van der Waals surface area contributed by atoms with Gasteiger partial charge in [-0.25, -0.2) is 0 Å². The van der Waals surface area contributed by atoms with Crippen molar-refractivity contribution in [1.29, 1.82) is 0 Å². The van der Waals surface area contributed by atoms with E-state index in [2.05, 4.69) is 18.0 Å². The van der Waals surface area contributed by atoms with Gasteiger partial charge in [-0.05, 0) is 38.0 Å². The van der Waals surface area contributed by atoms with Crippen LogP contribution in [-0.2, 0) is 0 Å². The molecule has 0 radical (unpaired) electrons. The number of carbonyl (C=O) groups is 1. The molecule has 0 atom stereocenters. The molecule has 0 spiro atoms. The number of nitrogens with zero attached hydrogens (tertiary/aromatic N) is 1. The summed E-state index contributed by atoms with van der Waals surface area (Å²) in [6, 6.07) is 8.04. The van der Waals surface area contributed by atoms with Crippen molar-refractivity contribution in [2.75, 3.05) is 0 Å². The first-order chi connectivity index (χ1) is 8.11. The van der Waals surface area contributed by atoms with E-state index < -0.39 is 0 Å². The lowest BCUT2D eigenvalue weighted by Crippen LogP contribution is -1.95. The van der Waals surface area contributed by atoms with E-state index in [1.807, 2.05) is 32.0 Å². The third-order valence-electron chi connectivity index (χ3n) is 2.82. The Hall–Kier alpha value is -1.96. The fourth-order valence-electron chi connectivity index (χ4n) is 1.99. The third-order valence-corrected chi connectivity index (χ3v) is 2.82. The molecule has 2 rings (SSSR count). The van der Waals surface area contributed by atoms with E-state index in [-0.39, 0.29) is 0 Å². The summed E-state index contributed by atoms with van der Waals surface area (Å²) in [6.07, 6.45) is 2.66. The molecule has 0 fully saturated rings. The minimum atomic E-state index is 0.650. The minimum absolute atomic E-state index is 0.650. The van der Waals surface area contributed by atoms with Crippen molar-refractivity contribution in [1.82, 2.24) is 4.98 Å². The molecule has 0 aliphatic carbocycles.